The summed E-state index contributed by atoms with van der Waals surface area (Å²) in [6, 6.07) is 7.64. The number of hydrogen-bond acceptors (Lipinski definition) is 4. The van der Waals surface area contributed by atoms with Crippen LogP contribution in [0, 0.1) is 0 Å². The molecule has 4 nitrogen and oxygen atoms in total. The van der Waals surface area contributed by atoms with Crippen molar-refractivity contribution in [1.29, 1.82) is 0 Å². The maximum Gasteiger partial charge on any atom is 0.259 e. The standard InChI is InChI=1S/C21H24ClN3OS/c1-4-7-27-24-12-15(13-24)14-8-17(11-23-10-14)25-20(26)18-6-5-16(22)9-19(18)21(25,2)3/h5-6,8-11,15H,4,7,12-13H2,1-3H3. The van der Waals surface area contributed by atoms with E-state index in [-0.39, 0.29) is 5.91 Å². The van der Waals surface area contributed by atoms with Gasteiger partial charge in [0.15, 0.2) is 0 Å². The van der Waals surface area contributed by atoms with Gasteiger partial charge < -0.3 is 0 Å². The lowest BCUT2D eigenvalue weighted by atomic mass is 9.92. The summed E-state index contributed by atoms with van der Waals surface area (Å²) in [5.41, 5.74) is 3.30. The first-order valence-corrected chi connectivity index (χ1v) is 10.7. The Morgan fingerprint density at radius 1 is 1.26 bits per heavy atom. The van der Waals surface area contributed by atoms with Gasteiger partial charge in [0.1, 0.15) is 0 Å². The first-order valence-electron chi connectivity index (χ1n) is 9.39. The largest absolute Gasteiger partial charge is 0.297 e. The fourth-order valence-corrected chi connectivity index (χ4v) is 5.09. The number of benzene rings is 1. The minimum atomic E-state index is -0.458. The maximum atomic E-state index is 13.1. The molecule has 0 bridgehead atoms. The van der Waals surface area contributed by atoms with Crippen molar-refractivity contribution in [2.75, 3.05) is 23.7 Å². The van der Waals surface area contributed by atoms with Crippen LogP contribution in [-0.4, -0.2) is 34.0 Å². The van der Waals surface area contributed by atoms with Crippen LogP contribution in [0.3, 0.4) is 0 Å². The van der Waals surface area contributed by atoms with Gasteiger partial charge in [-0.15, -0.1) is 0 Å². The zero-order valence-corrected chi connectivity index (χ0v) is 17.5. The quantitative estimate of drug-likeness (QED) is 0.654. The van der Waals surface area contributed by atoms with Crippen LogP contribution < -0.4 is 4.90 Å². The van der Waals surface area contributed by atoms with Crippen molar-refractivity contribution in [3.8, 4) is 0 Å². The van der Waals surface area contributed by atoms with Crippen molar-refractivity contribution in [3.63, 3.8) is 0 Å². The van der Waals surface area contributed by atoms with Crippen LogP contribution in [0.5, 0.6) is 0 Å². The second-order valence-corrected chi connectivity index (χ2v) is 9.36. The Morgan fingerprint density at radius 3 is 2.78 bits per heavy atom. The minimum Gasteiger partial charge on any atom is -0.297 e. The lowest BCUT2D eigenvalue weighted by Gasteiger charge is -2.39. The third-order valence-electron chi connectivity index (χ3n) is 5.43. The zero-order valence-electron chi connectivity index (χ0n) is 15.9. The Balaban J connectivity index is 1.59. The van der Waals surface area contributed by atoms with E-state index in [0.717, 1.165) is 29.9 Å². The molecular formula is C21H24ClN3OS. The van der Waals surface area contributed by atoms with E-state index in [9.17, 15) is 4.79 Å². The second-order valence-electron chi connectivity index (χ2n) is 7.74. The number of halogens is 1. The Kier molecular flexibility index (Phi) is 4.95. The van der Waals surface area contributed by atoms with E-state index in [1.165, 1.54) is 17.7 Å². The molecule has 2 aromatic rings. The lowest BCUT2D eigenvalue weighted by Crippen LogP contribution is -2.41. The fourth-order valence-electron chi connectivity index (χ4n) is 3.91. The van der Waals surface area contributed by atoms with Gasteiger partial charge in [-0.05, 0) is 55.7 Å². The summed E-state index contributed by atoms with van der Waals surface area (Å²) in [4.78, 5) is 19.4. The first kappa shape index (κ1) is 18.8. The number of rotatable bonds is 5. The molecule has 0 atom stereocenters. The van der Waals surface area contributed by atoms with Crippen LogP contribution in [0.15, 0.2) is 36.7 Å². The van der Waals surface area contributed by atoms with E-state index in [1.54, 1.807) is 12.3 Å². The summed E-state index contributed by atoms with van der Waals surface area (Å²) in [7, 11) is 0. The van der Waals surface area contributed by atoms with Gasteiger partial charge in [-0.25, -0.2) is 4.31 Å². The molecule has 142 valence electrons. The van der Waals surface area contributed by atoms with Gasteiger partial charge in [0.2, 0.25) is 0 Å². The van der Waals surface area contributed by atoms with Crippen LogP contribution in [0.2, 0.25) is 5.02 Å². The highest BCUT2D eigenvalue weighted by molar-refractivity contribution is 7.97. The number of carbonyl (C=O) groups excluding carboxylic acids is 1. The Labute approximate surface area is 170 Å². The SMILES string of the molecule is CCCSN1CC(c2cncc(N3C(=O)c4ccc(Cl)cc4C3(C)C)c2)C1. The summed E-state index contributed by atoms with van der Waals surface area (Å²) in [5.74, 6) is 1.67. The third kappa shape index (κ3) is 3.26. The number of amides is 1. The van der Waals surface area contributed by atoms with Crippen LogP contribution in [-0.2, 0) is 5.54 Å². The molecule has 3 heterocycles. The molecule has 0 unspecified atom stereocenters. The molecule has 27 heavy (non-hydrogen) atoms. The molecule has 1 amide bonds. The molecule has 1 saturated heterocycles. The fraction of sp³-hybridized carbons (Fsp3) is 0.429. The number of pyridine rings is 1. The van der Waals surface area contributed by atoms with E-state index < -0.39 is 5.54 Å². The molecule has 2 aliphatic heterocycles. The van der Waals surface area contributed by atoms with E-state index >= 15 is 0 Å². The number of hydrogen-bond donors (Lipinski definition) is 0. The lowest BCUT2D eigenvalue weighted by molar-refractivity contribution is 0.0982. The molecule has 4 rings (SSSR count). The Bertz CT molecular complexity index is 879. The topological polar surface area (TPSA) is 36.4 Å². The number of fused-ring (bicyclic) bond motifs is 1. The number of aromatic nitrogens is 1. The molecule has 0 radical (unpaired) electrons. The highest BCUT2D eigenvalue weighted by Crippen LogP contribution is 2.43. The number of anilines is 1. The van der Waals surface area contributed by atoms with Gasteiger partial charge in [0, 0.05) is 41.5 Å². The van der Waals surface area contributed by atoms with E-state index in [0.29, 0.717) is 10.9 Å². The second kappa shape index (κ2) is 7.12. The number of carbonyl (C=O) groups is 1. The Hall–Kier alpha value is -1.56. The summed E-state index contributed by atoms with van der Waals surface area (Å²) >= 11 is 8.11. The van der Waals surface area contributed by atoms with Gasteiger partial charge in [0.25, 0.3) is 5.91 Å². The molecule has 1 aromatic carbocycles. The van der Waals surface area contributed by atoms with Crippen LogP contribution in [0.4, 0.5) is 5.69 Å². The van der Waals surface area contributed by atoms with Crippen molar-refractivity contribution >= 4 is 35.1 Å². The summed E-state index contributed by atoms with van der Waals surface area (Å²) in [6.07, 6.45) is 4.92. The smallest absolute Gasteiger partial charge is 0.259 e. The maximum absolute atomic E-state index is 13.1. The van der Waals surface area contributed by atoms with Gasteiger partial charge >= 0.3 is 0 Å². The monoisotopic (exact) mass is 401 g/mol. The minimum absolute atomic E-state index is 0.0133. The van der Waals surface area contributed by atoms with Crippen LogP contribution in [0.25, 0.3) is 0 Å². The third-order valence-corrected chi connectivity index (χ3v) is 6.92. The van der Waals surface area contributed by atoms with Crippen molar-refractivity contribution in [1.82, 2.24) is 9.29 Å². The molecule has 0 aliphatic carbocycles. The highest BCUT2D eigenvalue weighted by Gasteiger charge is 2.44. The van der Waals surface area contributed by atoms with Crippen LogP contribution >= 0.6 is 23.5 Å². The Morgan fingerprint density at radius 2 is 2.04 bits per heavy atom. The van der Waals surface area contributed by atoms with E-state index in [4.69, 9.17) is 11.6 Å². The average molecular weight is 402 g/mol. The van der Waals surface area contributed by atoms with Gasteiger partial charge in [-0.2, -0.15) is 0 Å². The van der Waals surface area contributed by atoms with Crippen molar-refractivity contribution < 1.29 is 4.79 Å². The summed E-state index contributed by atoms with van der Waals surface area (Å²) in [5, 5.41) is 0.655. The van der Waals surface area contributed by atoms with Gasteiger partial charge in [-0.3, -0.25) is 14.7 Å². The molecule has 0 N–H and O–H groups in total. The molecule has 1 fully saturated rings. The van der Waals surface area contributed by atoms with E-state index in [1.807, 2.05) is 35.2 Å². The molecule has 1 aromatic heterocycles. The average Bonchev–Trinajstić information content (AvgIpc) is 2.79. The highest BCUT2D eigenvalue weighted by atomic mass is 35.5. The van der Waals surface area contributed by atoms with Crippen molar-refractivity contribution in [2.45, 2.75) is 38.6 Å². The van der Waals surface area contributed by atoms with Crippen LogP contribution in [0.1, 0.15) is 54.6 Å². The summed E-state index contributed by atoms with van der Waals surface area (Å²) in [6.45, 7) is 8.42. The molecular weight excluding hydrogens is 378 g/mol. The molecule has 0 saturated carbocycles. The summed E-state index contributed by atoms with van der Waals surface area (Å²) < 4.78 is 2.41. The van der Waals surface area contributed by atoms with E-state index in [2.05, 4.69) is 36.1 Å². The molecule has 2 aliphatic rings. The van der Waals surface area contributed by atoms with Crippen molar-refractivity contribution in [2.24, 2.45) is 0 Å². The predicted molar refractivity (Wildman–Crippen MR) is 113 cm³/mol. The normalized spacial score (nSPS) is 19.3. The molecule has 0 spiro atoms. The molecule has 6 heteroatoms. The predicted octanol–water partition coefficient (Wildman–Crippen LogP) is 5.09. The van der Waals surface area contributed by atoms with Gasteiger partial charge in [-0.1, -0.05) is 30.5 Å². The van der Waals surface area contributed by atoms with Gasteiger partial charge in [0.05, 0.1) is 17.4 Å². The number of nitrogens with zero attached hydrogens (tertiary/aromatic N) is 3. The van der Waals surface area contributed by atoms with Crippen molar-refractivity contribution in [3.05, 3.63) is 58.4 Å². The first-order chi connectivity index (χ1) is 12.9. The zero-order chi connectivity index (χ0) is 19.2.